The van der Waals surface area contributed by atoms with E-state index >= 15 is 0 Å². The van der Waals surface area contributed by atoms with Crippen LogP contribution in [0.1, 0.15) is 43.9 Å². The molecule has 0 aliphatic heterocycles. The molecule has 1 aliphatic rings. The number of rotatable bonds is 2. The van der Waals surface area contributed by atoms with Crippen LogP contribution in [0.2, 0.25) is 0 Å². The Kier molecular flexibility index (Phi) is 2.41. The monoisotopic (exact) mass is 239 g/mol. The third-order valence-corrected chi connectivity index (χ3v) is 4.20. The first-order valence-corrected chi connectivity index (χ1v) is 6.87. The Labute approximate surface area is 109 Å². The molecule has 0 spiro atoms. The normalized spacial score (nSPS) is 15.6. The van der Waals surface area contributed by atoms with E-state index in [-0.39, 0.29) is 5.41 Å². The van der Waals surface area contributed by atoms with Crippen molar-refractivity contribution in [2.75, 3.05) is 0 Å². The fourth-order valence-electron chi connectivity index (χ4n) is 3.25. The van der Waals surface area contributed by atoms with Gasteiger partial charge in [0.25, 0.3) is 0 Å². The lowest BCUT2D eigenvalue weighted by Crippen LogP contribution is -2.14. The van der Waals surface area contributed by atoms with Gasteiger partial charge < -0.3 is 4.57 Å². The fourth-order valence-corrected chi connectivity index (χ4v) is 3.25. The molecule has 1 aliphatic carbocycles. The molecule has 0 atom stereocenters. The second-order valence-corrected chi connectivity index (χ2v) is 5.95. The van der Waals surface area contributed by atoms with E-state index in [0.717, 1.165) is 6.54 Å². The van der Waals surface area contributed by atoms with Crippen LogP contribution in [0.15, 0.2) is 30.5 Å². The van der Waals surface area contributed by atoms with E-state index in [4.69, 9.17) is 0 Å². The SMILES string of the molecule is CCCn1ccc2c1-c1cc(C)ccc1C2(C)C. The van der Waals surface area contributed by atoms with E-state index in [9.17, 15) is 0 Å². The van der Waals surface area contributed by atoms with Crippen molar-refractivity contribution < 1.29 is 0 Å². The van der Waals surface area contributed by atoms with Crippen LogP contribution in [0.25, 0.3) is 11.3 Å². The van der Waals surface area contributed by atoms with E-state index in [1.54, 1.807) is 0 Å². The molecule has 1 heterocycles. The molecule has 1 aromatic carbocycles. The van der Waals surface area contributed by atoms with Crippen LogP contribution in [0.5, 0.6) is 0 Å². The number of hydrogen-bond donors (Lipinski definition) is 0. The largest absolute Gasteiger partial charge is 0.347 e. The fraction of sp³-hybridized carbons (Fsp3) is 0.412. The van der Waals surface area contributed by atoms with E-state index in [2.05, 4.69) is 62.7 Å². The number of aromatic nitrogens is 1. The average Bonchev–Trinajstić information content (AvgIpc) is 2.81. The first kappa shape index (κ1) is 11.6. The van der Waals surface area contributed by atoms with Crippen molar-refractivity contribution in [1.29, 1.82) is 0 Å². The second-order valence-electron chi connectivity index (χ2n) is 5.95. The summed E-state index contributed by atoms with van der Waals surface area (Å²) in [5, 5.41) is 0. The molecule has 1 heteroatoms. The molecule has 0 amide bonds. The maximum Gasteiger partial charge on any atom is 0.0524 e. The summed E-state index contributed by atoms with van der Waals surface area (Å²) < 4.78 is 2.42. The minimum Gasteiger partial charge on any atom is -0.347 e. The van der Waals surface area contributed by atoms with Gasteiger partial charge in [0.1, 0.15) is 0 Å². The molecule has 1 aromatic heterocycles. The van der Waals surface area contributed by atoms with Crippen molar-refractivity contribution in [2.24, 2.45) is 0 Å². The van der Waals surface area contributed by atoms with Gasteiger partial charge in [-0.1, -0.05) is 38.5 Å². The summed E-state index contributed by atoms with van der Waals surface area (Å²) in [6.07, 6.45) is 3.43. The highest BCUT2D eigenvalue weighted by molar-refractivity contribution is 5.79. The molecule has 1 nitrogen and oxygen atoms in total. The quantitative estimate of drug-likeness (QED) is 0.726. The van der Waals surface area contributed by atoms with Crippen molar-refractivity contribution >= 4 is 0 Å². The number of nitrogens with zero attached hydrogens (tertiary/aromatic N) is 1. The van der Waals surface area contributed by atoms with E-state index in [1.165, 1.54) is 34.4 Å². The lowest BCUT2D eigenvalue weighted by atomic mass is 9.83. The lowest BCUT2D eigenvalue weighted by molar-refractivity contribution is 0.657. The van der Waals surface area contributed by atoms with Crippen molar-refractivity contribution in [1.82, 2.24) is 4.57 Å². The predicted molar refractivity (Wildman–Crippen MR) is 77.0 cm³/mol. The molecule has 0 fully saturated rings. The number of benzene rings is 1. The first-order chi connectivity index (χ1) is 8.55. The molecule has 0 saturated heterocycles. The van der Waals surface area contributed by atoms with Gasteiger partial charge in [-0.25, -0.2) is 0 Å². The maximum atomic E-state index is 2.42. The minimum absolute atomic E-state index is 0.150. The van der Waals surface area contributed by atoms with Crippen molar-refractivity contribution in [3.8, 4) is 11.3 Å². The summed E-state index contributed by atoms with van der Waals surface area (Å²) in [4.78, 5) is 0. The van der Waals surface area contributed by atoms with Gasteiger partial charge in [0.2, 0.25) is 0 Å². The van der Waals surface area contributed by atoms with Gasteiger partial charge in [-0.2, -0.15) is 0 Å². The third kappa shape index (κ3) is 1.40. The lowest BCUT2D eigenvalue weighted by Gasteiger charge is -2.20. The molecule has 0 saturated carbocycles. The van der Waals surface area contributed by atoms with Crippen LogP contribution in [-0.4, -0.2) is 4.57 Å². The Morgan fingerprint density at radius 3 is 2.61 bits per heavy atom. The summed E-state index contributed by atoms with van der Waals surface area (Å²) >= 11 is 0. The average molecular weight is 239 g/mol. The van der Waals surface area contributed by atoms with Crippen molar-refractivity contribution in [2.45, 2.75) is 46.1 Å². The number of aryl methyl sites for hydroxylation is 2. The highest BCUT2D eigenvalue weighted by atomic mass is 15.0. The van der Waals surface area contributed by atoms with Gasteiger partial charge in [0.15, 0.2) is 0 Å². The molecule has 94 valence electrons. The van der Waals surface area contributed by atoms with Crippen LogP contribution in [0.4, 0.5) is 0 Å². The summed E-state index contributed by atoms with van der Waals surface area (Å²) in [6, 6.07) is 9.19. The Morgan fingerprint density at radius 2 is 1.89 bits per heavy atom. The Balaban J connectivity index is 2.29. The van der Waals surface area contributed by atoms with E-state index in [1.807, 2.05) is 0 Å². The summed E-state index contributed by atoms with van der Waals surface area (Å²) in [5.74, 6) is 0. The van der Waals surface area contributed by atoms with E-state index < -0.39 is 0 Å². The molecule has 0 N–H and O–H groups in total. The molecule has 2 aromatic rings. The predicted octanol–water partition coefficient (Wildman–Crippen LogP) is 4.51. The molecule has 3 rings (SSSR count). The van der Waals surface area contributed by atoms with Gasteiger partial charge in [-0.3, -0.25) is 0 Å². The van der Waals surface area contributed by atoms with E-state index in [0.29, 0.717) is 0 Å². The van der Waals surface area contributed by atoms with Crippen LogP contribution < -0.4 is 0 Å². The van der Waals surface area contributed by atoms with Gasteiger partial charge in [-0.15, -0.1) is 0 Å². The van der Waals surface area contributed by atoms with Gasteiger partial charge in [0.05, 0.1) is 5.69 Å². The van der Waals surface area contributed by atoms with Crippen LogP contribution in [0.3, 0.4) is 0 Å². The van der Waals surface area contributed by atoms with Gasteiger partial charge in [0, 0.05) is 23.7 Å². The standard InChI is InChI=1S/C17H21N/c1-5-9-18-10-8-15-16(18)13-11-12(2)6-7-14(13)17(15,3)4/h6-8,10-11H,5,9H2,1-4H3. The highest BCUT2D eigenvalue weighted by Crippen LogP contribution is 2.49. The number of fused-ring (bicyclic) bond motifs is 3. The smallest absolute Gasteiger partial charge is 0.0524 e. The van der Waals surface area contributed by atoms with Crippen LogP contribution >= 0.6 is 0 Å². The molecular weight excluding hydrogens is 218 g/mol. The van der Waals surface area contributed by atoms with Crippen molar-refractivity contribution in [3.63, 3.8) is 0 Å². The van der Waals surface area contributed by atoms with Crippen molar-refractivity contribution in [3.05, 3.63) is 47.2 Å². The Bertz CT molecular complexity index is 602. The molecule has 0 unspecified atom stereocenters. The molecule has 0 bridgehead atoms. The van der Waals surface area contributed by atoms with Gasteiger partial charge >= 0.3 is 0 Å². The first-order valence-electron chi connectivity index (χ1n) is 6.87. The topological polar surface area (TPSA) is 4.93 Å². The summed E-state index contributed by atoms with van der Waals surface area (Å²) in [6.45, 7) is 10.2. The maximum absolute atomic E-state index is 2.42. The zero-order valence-electron chi connectivity index (χ0n) is 11.7. The third-order valence-electron chi connectivity index (χ3n) is 4.20. The molecular formula is C17H21N. The highest BCUT2D eigenvalue weighted by Gasteiger charge is 2.37. The number of hydrogen-bond acceptors (Lipinski definition) is 0. The summed E-state index contributed by atoms with van der Waals surface area (Å²) in [5.41, 5.74) is 7.34. The Morgan fingerprint density at radius 1 is 1.11 bits per heavy atom. The Hall–Kier alpha value is -1.50. The minimum atomic E-state index is 0.150. The van der Waals surface area contributed by atoms with Crippen LogP contribution in [0, 0.1) is 6.92 Å². The van der Waals surface area contributed by atoms with Crippen LogP contribution in [-0.2, 0) is 12.0 Å². The molecule has 0 radical (unpaired) electrons. The zero-order chi connectivity index (χ0) is 12.9. The second kappa shape index (κ2) is 3.74. The molecule has 18 heavy (non-hydrogen) atoms. The van der Waals surface area contributed by atoms with Gasteiger partial charge in [-0.05, 0) is 36.6 Å². The zero-order valence-corrected chi connectivity index (χ0v) is 11.7. The summed E-state index contributed by atoms with van der Waals surface area (Å²) in [7, 11) is 0.